The van der Waals surface area contributed by atoms with E-state index in [1.165, 1.54) is 0 Å². The first-order chi connectivity index (χ1) is 16.1. The van der Waals surface area contributed by atoms with Crippen LogP contribution in [0.15, 0.2) is 12.1 Å². The maximum Gasteiger partial charge on any atom is 0.463 e. The van der Waals surface area contributed by atoms with Gasteiger partial charge in [-0.05, 0) is 18.6 Å². The Hall–Kier alpha value is -3.30. The van der Waals surface area contributed by atoms with Gasteiger partial charge in [0.1, 0.15) is 5.82 Å². The molecule has 1 unspecified atom stereocenters. The van der Waals surface area contributed by atoms with Gasteiger partial charge in [-0.1, -0.05) is 0 Å². The first-order valence-electron chi connectivity index (χ1n) is 9.75. The minimum Gasteiger partial charge on any atom is -0.419 e. The second kappa shape index (κ2) is 9.39. The fraction of sp³-hybridized carbons (Fsp3) is 0.474. The summed E-state index contributed by atoms with van der Waals surface area (Å²) in [4.78, 5) is 25.5. The number of rotatable bonds is 5. The van der Waals surface area contributed by atoms with Gasteiger partial charge in [0.2, 0.25) is 5.90 Å². The summed E-state index contributed by atoms with van der Waals surface area (Å²) < 4.78 is 113. The third-order valence-electron chi connectivity index (χ3n) is 5.37. The summed E-state index contributed by atoms with van der Waals surface area (Å²) >= 11 is 0. The highest BCUT2D eigenvalue weighted by atomic mass is 19.4. The van der Waals surface area contributed by atoms with Crippen molar-refractivity contribution in [2.75, 3.05) is 13.2 Å². The molecule has 0 radical (unpaired) electrons. The zero-order valence-corrected chi connectivity index (χ0v) is 17.3. The molecule has 192 valence electrons. The topological polar surface area (TPSA) is 116 Å². The molecular weight excluding hydrogens is 500 g/mol. The van der Waals surface area contributed by atoms with Gasteiger partial charge in [0.15, 0.2) is 0 Å². The SMILES string of the molecule is N=C(OC(=N)C(F)F)c1cc(F)c2c(c1)C(=O)N(C1COCC[C@@H]1NC(=O)C(F)(F)C(F)(F)F)C2. The van der Waals surface area contributed by atoms with Crippen LogP contribution in [-0.2, 0) is 20.8 Å². The summed E-state index contributed by atoms with van der Waals surface area (Å²) in [5, 5.41) is 16.2. The van der Waals surface area contributed by atoms with Gasteiger partial charge in [0.25, 0.3) is 11.8 Å². The highest BCUT2D eigenvalue weighted by Crippen LogP contribution is 2.36. The smallest absolute Gasteiger partial charge is 0.419 e. The van der Waals surface area contributed by atoms with Gasteiger partial charge in [0, 0.05) is 23.3 Å². The van der Waals surface area contributed by atoms with E-state index in [4.69, 9.17) is 15.6 Å². The molecule has 3 rings (SSSR count). The number of alkyl halides is 7. The number of nitrogens with one attached hydrogen (secondary N) is 3. The van der Waals surface area contributed by atoms with Crippen molar-refractivity contribution in [2.24, 2.45) is 0 Å². The van der Waals surface area contributed by atoms with Crippen LogP contribution >= 0.6 is 0 Å². The summed E-state index contributed by atoms with van der Waals surface area (Å²) in [6.45, 7) is -0.976. The Labute approximate surface area is 191 Å². The molecule has 0 saturated carbocycles. The monoisotopic (exact) mass is 516 g/mol. The third-order valence-corrected chi connectivity index (χ3v) is 5.37. The van der Waals surface area contributed by atoms with E-state index in [1.54, 1.807) is 5.32 Å². The lowest BCUT2D eigenvalue weighted by atomic mass is 10.0. The Morgan fingerprint density at radius 3 is 2.46 bits per heavy atom. The Balaban J connectivity index is 1.83. The number of benzene rings is 1. The summed E-state index contributed by atoms with van der Waals surface area (Å²) in [7, 11) is 0. The number of nitrogens with zero attached hydrogens (tertiary/aromatic N) is 1. The van der Waals surface area contributed by atoms with Crippen molar-refractivity contribution in [1.82, 2.24) is 10.2 Å². The number of hydrogen-bond acceptors (Lipinski definition) is 6. The summed E-state index contributed by atoms with van der Waals surface area (Å²) in [5.41, 5.74) is -1.05. The molecule has 1 aromatic carbocycles. The molecule has 0 bridgehead atoms. The van der Waals surface area contributed by atoms with E-state index in [0.717, 1.165) is 11.0 Å². The van der Waals surface area contributed by atoms with E-state index >= 15 is 0 Å². The number of hydrogen-bond donors (Lipinski definition) is 3. The minimum atomic E-state index is -6.15. The van der Waals surface area contributed by atoms with Crippen molar-refractivity contribution >= 4 is 23.6 Å². The summed E-state index contributed by atoms with van der Waals surface area (Å²) in [6.07, 6.45) is -9.73. The summed E-state index contributed by atoms with van der Waals surface area (Å²) in [6, 6.07) is -1.02. The lowest BCUT2D eigenvalue weighted by molar-refractivity contribution is -0.270. The van der Waals surface area contributed by atoms with Crippen molar-refractivity contribution in [3.8, 4) is 0 Å². The van der Waals surface area contributed by atoms with E-state index in [1.807, 2.05) is 0 Å². The van der Waals surface area contributed by atoms with Crippen LogP contribution in [0.4, 0.5) is 35.1 Å². The lowest BCUT2D eigenvalue weighted by Crippen LogP contribution is -2.61. The van der Waals surface area contributed by atoms with Crippen LogP contribution in [0.1, 0.15) is 27.9 Å². The van der Waals surface area contributed by atoms with Gasteiger partial charge < -0.3 is 19.7 Å². The predicted molar refractivity (Wildman–Crippen MR) is 100 cm³/mol. The van der Waals surface area contributed by atoms with E-state index in [9.17, 15) is 44.7 Å². The zero-order chi connectivity index (χ0) is 26.3. The first-order valence-corrected chi connectivity index (χ1v) is 9.75. The Bertz CT molecular complexity index is 1060. The molecule has 2 aliphatic rings. The molecule has 16 heteroatoms. The largest absolute Gasteiger partial charge is 0.463 e. The van der Waals surface area contributed by atoms with Crippen molar-refractivity contribution in [2.45, 2.75) is 43.6 Å². The number of carbonyl (C=O) groups excluding carboxylic acids is 2. The van der Waals surface area contributed by atoms with Gasteiger partial charge in [-0.25, -0.2) is 4.39 Å². The van der Waals surface area contributed by atoms with E-state index in [-0.39, 0.29) is 30.8 Å². The molecule has 0 aliphatic carbocycles. The molecule has 2 amide bonds. The number of carbonyl (C=O) groups is 2. The van der Waals surface area contributed by atoms with Crippen molar-refractivity contribution < 1.29 is 54.2 Å². The molecule has 3 N–H and O–H groups in total. The van der Waals surface area contributed by atoms with Crippen molar-refractivity contribution in [3.63, 3.8) is 0 Å². The number of ether oxygens (including phenoxy) is 2. The van der Waals surface area contributed by atoms with Gasteiger partial charge in [-0.3, -0.25) is 20.4 Å². The van der Waals surface area contributed by atoms with Gasteiger partial charge in [-0.2, -0.15) is 30.7 Å². The molecule has 2 heterocycles. The van der Waals surface area contributed by atoms with Gasteiger partial charge in [0.05, 0.1) is 25.2 Å². The normalized spacial score (nSPS) is 20.6. The van der Waals surface area contributed by atoms with Crippen LogP contribution in [0.25, 0.3) is 0 Å². The van der Waals surface area contributed by atoms with E-state index in [2.05, 4.69) is 4.74 Å². The average Bonchev–Trinajstić information content (AvgIpc) is 3.10. The van der Waals surface area contributed by atoms with Crippen LogP contribution in [0, 0.1) is 16.6 Å². The Kier molecular flexibility index (Phi) is 7.06. The molecule has 35 heavy (non-hydrogen) atoms. The fourth-order valence-corrected chi connectivity index (χ4v) is 3.58. The maximum absolute atomic E-state index is 14.7. The second-order valence-corrected chi connectivity index (χ2v) is 7.60. The molecule has 1 saturated heterocycles. The Morgan fingerprint density at radius 1 is 1.20 bits per heavy atom. The van der Waals surface area contributed by atoms with Crippen LogP contribution < -0.4 is 5.32 Å². The highest BCUT2D eigenvalue weighted by molar-refractivity contribution is 6.04. The molecule has 0 aromatic heterocycles. The quantitative estimate of drug-likeness (QED) is 0.317. The highest BCUT2D eigenvalue weighted by Gasteiger charge is 2.64. The van der Waals surface area contributed by atoms with Crippen molar-refractivity contribution in [3.05, 3.63) is 34.6 Å². The minimum absolute atomic E-state index is 0.128. The molecule has 8 nitrogen and oxygen atoms in total. The average molecular weight is 516 g/mol. The number of amides is 2. The maximum atomic E-state index is 14.7. The standard InChI is InChI=1S/C19H16F8N4O4/c20-10-4-7(14(28)35-15(29)13(21)22)3-8-9(10)5-31(16(8)32)12-6-34-2-1-11(12)30-17(33)18(23,24)19(25,26)27/h3-4,11-13,28-29H,1-2,5-6H2,(H,30,33)/t11-,12?/m0/s1. The lowest BCUT2D eigenvalue weighted by Gasteiger charge is -2.38. The Morgan fingerprint density at radius 2 is 1.86 bits per heavy atom. The summed E-state index contributed by atoms with van der Waals surface area (Å²) in [5.74, 6) is -12.9. The third kappa shape index (κ3) is 5.06. The molecule has 2 aliphatic heterocycles. The first kappa shape index (κ1) is 26.3. The van der Waals surface area contributed by atoms with Crippen LogP contribution in [0.5, 0.6) is 0 Å². The van der Waals surface area contributed by atoms with Gasteiger partial charge in [-0.15, -0.1) is 0 Å². The van der Waals surface area contributed by atoms with Crippen LogP contribution in [0.2, 0.25) is 0 Å². The van der Waals surface area contributed by atoms with E-state index < -0.39 is 72.1 Å². The molecule has 1 fully saturated rings. The molecule has 0 spiro atoms. The van der Waals surface area contributed by atoms with Crippen LogP contribution in [0.3, 0.4) is 0 Å². The number of halogens is 8. The van der Waals surface area contributed by atoms with Crippen LogP contribution in [-0.4, -0.2) is 72.3 Å². The molecular formula is C19H16F8N4O4. The van der Waals surface area contributed by atoms with Crippen molar-refractivity contribution in [1.29, 1.82) is 10.8 Å². The molecule has 2 atom stereocenters. The van der Waals surface area contributed by atoms with Gasteiger partial charge >= 0.3 is 24.4 Å². The van der Waals surface area contributed by atoms with E-state index in [0.29, 0.717) is 6.07 Å². The molecule has 1 aromatic rings. The number of fused-ring (bicyclic) bond motifs is 1. The fourth-order valence-electron chi connectivity index (χ4n) is 3.58. The predicted octanol–water partition coefficient (Wildman–Crippen LogP) is 2.84. The zero-order valence-electron chi connectivity index (χ0n) is 17.3. The second-order valence-electron chi connectivity index (χ2n) is 7.60.